The molecule has 0 spiro atoms. The summed E-state index contributed by atoms with van der Waals surface area (Å²) < 4.78 is 10.9. The van der Waals surface area contributed by atoms with Gasteiger partial charge in [0.2, 0.25) is 0 Å². The minimum atomic E-state index is -1.39. The number of aliphatic hydroxyl groups is 2. The molecule has 2 heterocycles. The fraction of sp³-hybridized carbons (Fsp3) is 0.583. The Morgan fingerprint density at radius 2 is 1.18 bits per heavy atom. The number of esters is 2. The minimum absolute atomic E-state index is 0.137. The van der Waals surface area contributed by atoms with Gasteiger partial charge in [-0.05, 0) is 80.4 Å². The summed E-state index contributed by atoms with van der Waals surface area (Å²) in [6, 6.07) is 19.6. The molecular weight excluding hydrogens is 572 g/mol. The molecule has 2 N–H and O–H groups in total. The number of hydrogen-bond acceptors (Lipinski definition) is 8. The van der Waals surface area contributed by atoms with Crippen molar-refractivity contribution in [3.63, 3.8) is 0 Å². The Balaban J connectivity index is 0.000000246. The lowest BCUT2D eigenvalue weighted by Crippen LogP contribution is -2.44. The molecule has 2 aliphatic heterocycles. The summed E-state index contributed by atoms with van der Waals surface area (Å²) >= 11 is 0. The summed E-state index contributed by atoms with van der Waals surface area (Å²) in [7, 11) is 0. The van der Waals surface area contributed by atoms with E-state index in [1.807, 2.05) is 76.2 Å². The molecule has 4 rings (SSSR count). The van der Waals surface area contributed by atoms with Gasteiger partial charge in [0.05, 0.1) is 12.1 Å². The number of hydrogen-bond donors (Lipinski definition) is 2. The van der Waals surface area contributed by atoms with Gasteiger partial charge in [-0.2, -0.15) is 0 Å². The first-order valence-corrected chi connectivity index (χ1v) is 15.7. The lowest BCUT2D eigenvalue weighted by molar-refractivity contribution is -0.172. The van der Waals surface area contributed by atoms with Crippen molar-refractivity contribution in [2.75, 3.05) is 19.6 Å². The van der Waals surface area contributed by atoms with Gasteiger partial charge >= 0.3 is 11.9 Å². The molecule has 45 heavy (non-hydrogen) atoms. The highest BCUT2D eigenvalue weighted by atomic mass is 16.6. The highest BCUT2D eigenvalue weighted by Crippen LogP contribution is 2.39. The van der Waals surface area contributed by atoms with Crippen LogP contribution >= 0.6 is 0 Å². The van der Waals surface area contributed by atoms with E-state index in [9.17, 15) is 24.6 Å². The van der Waals surface area contributed by atoms with E-state index in [4.69, 9.17) is 9.47 Å². The Morgan fingerprint density at radius 1 is 0.756 bits per heavy atom. The van der Waals surface area contributed by atoms with Crippen molar-refractivity contribution >= 4 is 17.8 Å². The van der Waals surface area contributed by atoms with Crippen LogP contribution in [-0.4, -0.2) is 80.9 Å². The molecule has 2 aromatic rings. The van der Waals surface area contributed by atoms with Crippen molar-refractivity contribution < 1.29 is 34.1 Å². The quantitative estimate of drug-likeness (QED) is 0.428. The molecule has 0 saturated carbocycles. The number of amides is 1. The third-order valence-electron chi connectivity index (χ3n) is 8.60. The van der Waals surface area contributed by atoms with Gasteiger partial charge in [0, 0.05) is 25.7 Å². The second kappa shape index (κ2) is 13.6. The van der Waals surface area contributed by atoms with E-state index in [-0.39, 0.29) is 24.6 Å². The van der Waals surface area contributed by atoms with Crippen molar-refractivity contribution in [1.82, 2.24) is 9.80 Å². The second-order valence-corrected chi connectivity index (χ2v) is 14.8. The zero-order valence-corrected chi connectivity index (χ0v) is 28.5. The Hall–Kier alpha value is -3.27. The van der Waals surface area contributed by atoms with Crippen LogP contribution in [0.25, 0.3) is 0 Å². The number of likely N-dealkylation sites (tertiary alicyclic amines) is 2. The number of rotatable bonds is 6. The van der Waals surface area contributed by atoms with Crippen molar-refractivity contribution in [2.45, 2.75) is 105 Å². The monoisotopic (exact) mass is 624 g/mol. The molecule has 1 amide bonds. The molecule has 2 saturated heterocycles. The fourth-order valence-corrected chi connectivity index (χ4v) is 5.61. The Kier molecular flexibility index (Phi) is 10.9. The molecule has 0 radical (unpaired) electrons. The largest absolute Gasteiger partial charge is 0.459 e. The van der Waals surface area contributed by atoms with Crippen LogP contribution in [0.4, 0.5) is 0 Å². The molecule has 0 bridgehead atoms. The minimum Gasteiger partial charge on any atom is -0.459 e. The number of ether oxygens (including phenoxy) is 2. The fourth-order valence-electron chi connectivity index (χ4n) is 5.61. The van der Waals surface area contributed by atoms with Gasteiger partial charge in [-0.25, -0.2) is 0 Å². The summed E-state index contributed by atoms with van der Waals surface area (Å²) in [6.45, 7) is 19.3. The Labute approximate surface area is 268 Å². The first-order chi connectivity index (χ1) is 20.7. The molecule has 6 atom stereocenters. The highest BCUT2D eigenvalue weighted by Gasteiger charge is 2.56. The number of benzene rings is 2. The highest BCUT2D eigenvalue weighted by molar-refractivity contribution is 5.93. The Morgan fingerprint density at radius 3 is 1.62 bits per heavy atom. The maximum absolute atomic E-state index is 12.5. The molecule has 0 aliphatic carbocycles. The van der Waals surface area contributed by atoms with Crippen molar-refractivity contribution in [3.8, 4) is 0 Å². The number of carbonyl (C=O) groups excluding carboxylic acids is 3. The molecule has 9 nitrogen and oxygen atoms in total. The lowest BCUT2D eigenvalue weighted by Gasteiger charge is -2.30. The lowest BCUT2D eigenvalue weighted by atomic mass is 9.87. The van der Waals surface area contributed by atoms with E-state index in [1.165, 1.54) is 5.56 Å². The predicted octanol–water partition coefficient (Wildman–Crippen LogP) is 5.07. The van der Waals surface area contributed by atoms with Crippen molar-refractivity contribution in [3.05, 3.63) is 71.8 Å². The maximum Gasteiger partial charge on any atom is 0.317 e. The zero-order valence-electron chi connectivity index (χ0n) is 28.5. The molecule has 2 fully saturated rings. The summed E-state index contributed by atoms with van der Waals surface area (Å²) in [4.78, 5) is 41.1. The number of carbonyl (C=O) groups is 3. The first kappa shape index (κ1) is 36.2. The van der Waals surface area contributed by atoms with Gasteiger partial charge in [-0.3, -0.25) is 19.3 Å². The third kappa shape index (κ3) is 8.51. The van der Waals surface area contributed by atoms with E-state index in [1.54, 1.807) is 39.5 Å². The van der Waals surface area contributed by atoms with Crippen molar-refractivity contribution in [2.24, 2.45) is 10.8 Å². The average Bonchev–Trinajstić information content (AvgIpc) is 3.40. The van der Waals surface area contributed by atoms with Crippen LogP contribution in [-0.2, 0) is 23.9 Å². The average molecular weight is 625 g/mol. The van der Waals surface area contributed by atoms with Crippen LogP contribution < -0.4 is 0 Å². The van der Waals surface area contributed by atoms with Crippen molar-refractivity contribution in [1.29, 1.82) is 0 Å². The first-order valence-electron chi connectivity index (χ1n) is 15.7. The molecule has 0 aromatic heterocycles. The van der Waals surface area contributed by atoms with Crippen LogP contribution in [0.1, 0.15) is 92.4 Å². The maximum atomic E-state index is 12.5. The summed E-state index contributed by atoms with van der Waals surface area (Å²) in [6.07, 6.45) is -2.10. The van der Waals surface area contributed by atoms with Crippen LogP contribution in [0.2, 0.25) is 0 Å². The molecule has 9 heteroatoms. The summed E-state index contributed by atoms with van der Waals surface area (Å²) in [5.74, 6) is -1.31. The van der Waals surface area contributed by atoms with Gasteiger partial charge in [0.1, 0.15) is 22.0 Å². The van der Waals surface area contributed by atoms with E-state index in [0.29, 0.717) is 13.1 Å². The number of nitrogens with zero attached hydrogens (tertiary/aromatic N) is 2. The van der Waals surface area contributed by atoms with E-state index >= 15 is 0 Å². The van der Waals surface area contributed by atoms with Gasteiger partial charge < -0.3 is 24.6 Å². The molecule has 2 unspecified atom stereocenters. The van der Waals surface area contributed by atoms with Gasteiger partial charge in [0.25, 0.3) is 5.91 Å². The standard InChI is InChI=1S/C18H25NO4.C18H27NO3/c1-12(13-9-7-6-8-10-13)19-11-18(5,14(20)15(19)21)16(22)23-17(2,3)4;1-13(14-9-7-6-8-10-14)19-11-15(20)18(5,12-19)16(21)22-17(2,3)4/h6-10,12,14,20H,11H2,1-5H3;6-10,13,15,20H,11-12H2,1-5H3/t12-,14?,18+;13-,15?,18+/m11/s1. The molecule has 2 aromatic carbocycles. The van der Waals surface area contributed by atoms with Gasteiger partial charge in [0.15, 0.2) is 6.10 Å². The topological polar surface area (TPSA) is 117 Å². The molecule has 2 aliphatic rings. The zero-order chi connectivity index (χ0) is 34.0. The molecular formula is C36H52N2O7. The molecule has 248 valence electrons. The Bertz CT molecular complexity index is 1320. The van der Waals surface area contributed by atoms with Crippen LogP contribution in [0.3, 0.4) is 0 Å². The van der Waals surface area contributed by atoms with Gasteiger partial charge in [-0.15, -0.1) is 0 Å². The predicted molar refractivity (Wildman–Crippen MR) is 173 cm³/mol. The van der Waals surface area contributed by atoms with E-state index in [2.05, 4.69) is 24.0 Å². The smallest absolute Gasteiger partial charge is 0.317 e. The van der Waals surface area contributed by atoms with Crippen LogP contribution in [0, 0.1) is 10.8 Å². The number of β-amino-alcohol motifs (C(OH)–C–C–N with tert-alkyl or cyclic N) is 1. The second-order valence-electron chi connectivity index (χ2n) is 14.8. The summed E-state index contributed by atoms with van der Waals surface area (Å²) in [5, 5.41) is 20.8. The van der Waals surface area contributed by atoms with Crippen LogP contribution in [0.15, 0.2) is 60.7 Å². The van der Waals surface area contributed by atoms with Gasteiger partial charge in [-0.1, -0.05) is 60.7 Å². The van der Waals surface area contributed by atoms with E-state index in [0.717, 1.165) is 5.56 Å². The summed E-state index contributed by atoms with van der Waals surface area (Å²) in [5.41, 5.74) is -1.20. The normalized spacial score (nSPS) is 26.9. The third-order valence-corrected chi connectivity index (χ3v) is 8.60. The SMILES string of the molecule is C[C@H](c1ccccc1)N1CC(O)[C@@](C)(C(=O)OC(C)(C)C)C1.C[C@H](c1ccccc1)N1C[C@](C)(C(=O)OC(C)(C)C)C(O)C1=O. The van der Waals surface area contributed by atoms with E-state index < -0.39 is 46.1 Å². The van der Waals surface area contributed by atoms with Crippen LogP contribution in [0.5, 0.6) is 0 Å². The number of aliphatic hydroxyl groups excluding tert-OH is 2.